The number of aryl methyl sites for hydroxylation is 2. The molecule has 0 aliphatic carbocycles. The maximum Gasteiger partial charge on any atom is 0.253 e. The summed E-state index contributed by atoms with van der Waals surface area (Å²) in [4.78, 5) is 27.3. The fraction of sp³-hybridized carbons (Fsp3) is 0.200. The minimum absolute atomic E-state index is 0.154. The molecule has 0 aromatic carbocycles. The standard InChI is InChI=1S/C15H15BrN2O2S/c1-9-7-10(2)18-15(20)12(9)8-17-14(19)6-4-11-3-5-13(16)21-11/h3-7H,8H2,1-2H3,(H,17,19)(H,18,20)/b6-4+. The third-order valence-corrected chi connectivity index (χ3v) is 4.52. The number of rotatable bonds is 4. The first-order valence-electron chi connectivity index (χ1n) is 6.36. The van der Waals surface area contributed by atoms with Crippen LogP contribution in [0.1, 0.15) is 21.7 Å². The van der Waals surface area contributed by atoms with Crippen molar-refractivity contribution in [2.45, 2.75) is 20.4 Å². The van der Waals surface area contributed by atoms with Crippen molar-refractivity contribution in [2.24, 2.45) is 0 Å². The van der Waals surface area contributed by atoms with Crippen molar-refractivity contribution in [3.8, 4) is 0 Å². The summed E-state index contributed by atoms with van der Waals surface area (Å²) in [6.45, 7) is 3.92. The van der Waals surface area contributed by atoms with Gasteiger partial charge < -0.3 is 10.3 Å². The maximum absolute atomic E-state index is 11.8. The highest BCUT2D eigenvalue weighted by Crippen LogP contribution is 2.22. The molecular weight excluding hydrogens is 352 g/mol. The predicted octanol–water partition coefficient (Wildman–Crippen LogP) is 3.15. The molecule has 110 valence electrons. The fourth-order valence-electron chi connectivity index (χ4n) is 1.91. The summed E-state index contributed by atoms with van der Waals surface area (Å²) >= 11 is 4.91. The van der Waals surface area contributed by atoms with E-state index < -0.39 is 0 Å². The van der Waals surface area contributed by atoms with Crippen molar-refractivity contribution in [2.75, 3.05) is 0 Å². The molecule has 0 fully saturated rings. The van der Waals surface area contributed by atoms with E-state index in [1.807, 2.05) is 32.0 Å². The Hall–Kier alpha value is -1.66. The van der Waals surface area contributed by atoms with Crippen LogP contribution in [0.15, 0.2) is 32.9 Å². The van der Waals surface area contributed by atoms with E-state index in [9.17, 15) is 9.59 Å². The van der Waals surface area contributed by atoms with Crippen molar-refractivity contribution >= 4 is 39.2 Å². The quantitative estimate of drug-likeness (QED) is 0.816. The van der Waals surface area contributed by atoms with Crippen LogP contribution in [0.25, 0.3) is 6.08 Å². The van der Waals surface area contributed by atoms with Crippen molar-refractivity contribution < 1.29 is 4.79 Å². The summed E-state index contributed by atoms with van der Waals surface area (Å²) in [6, 6.07) is 5.74. The minimum atomic E-state index is -0.223. The van der Waals surface area contributed by atoms with Gasteiger partial charge >= 0.3 is 0 Å². The summed E-state index contributed by atoms with van der Waals surface area (Å²) in [6.07, 6.45) is 3.22. The third kappa shape index (κ3) is 4.41. The van der Waals surface area contributed by atoms with Gasteiger partial charge in [-0.25, -0.2) is 0 Å². The summed E-state index contributed by atoms with van der Waals surface area (Å²) in [5.41, 5.74) is 2.12. The number of hydrogen-bond donors (Lipinski definition) is 2. The van der Waals surface area contributed by atoms with Crippen molar-refractivity contribution in [1.82, 2.24) is 10.3 Å². The molecule has 2 N–H and O–H groups in total. The van der Waals surface area contributed by atoms with E-state index in [1.165, 1.54) is 6.08 Å². The topological polar surface area (TPSA) is 62.0 Å². The number of amides is 1. The van der Waals surface area contributed by atoms with Crippen LogP contribution in [0.2, 0.25) is 0 Å². The normalized spacial score (nSPS) is 11.0. The number of carbonyl (C=O) groups excluding carboxylic acids is 1. The predicted molar refractivity (Wildman–Crippen MR) is 89.4 cm³/mol. The van der Waals surface area contributed by atoms with E-state index in [0.29, 0.717) is 5.56 Å². The number of aromatic nitrogens is 1. The third-order valence-electron chi connectivity index (χ3n) is 2.93. The van der Waals surface area contributed by atoms with E-state index in [4.69, 9.17) is 0 Å². The molecule has 4 nitrogen and oxygen atoms in total. The number of halogens is 1. The Bertz CT molecular complexity index is 746. The second-order valence-electron chi connectivity index (χ2n) is 4.64. The smallest absolute Gasteiger partial charge is 0.253 e. The highest BCUT2D eigenvalue weighted by Gasteiger charge is 2.06. The van der Waals surface area contributed by atoms with Gasteiger partial charge in [0.15, 0.2) is 0 Å². The molecule has 1 amide bonds. The highest BCUT2D eigenvalue weighted by atomic mass is 79.9. The molecule has 0 bridgehead atoms. The Kier molecular flexibility index (Phi) is 5.14. The van der Waals surface area contributed by atoms with Crippen molar-refractivity contribution in [1.29, 1.82) is 0 Å². The molecule has 0 spiro atoms. The lowest BCUT2D eigenvalue weighted by Crippen LogP contribution is -2.26. The molecule has 0 atom stereocenters. The Balaban J connectivity index is 1.99. The number of hydrogen-bond acceptors (Lipinski definition) is 3. The van der Waals surface area contributed by atoms with Gasteiger partial charge in [-0.2, -0.15) is 0 Å². The van der Waals surface area contributed by atoms with Crippen LogP contribution in [0.3, 0.4) is 0 Å². The van der Waals surface area contributed by atoms with Crippen molar-refractivity contribution in [3.63, 3.8) is 0 Å². The van der Waals surface area contributed by atoms with Gasteiger partial charge in [-0.3, -0.25) is 9.59 Å². The number of carbonyl (C=O) groups is 1. The average molecular weight is 367 g/mol. The Labute approximate surface area is 135 Å². The summed E-state index contributed by atoms with van der Waals surface area (Å²) in [7, 11) is 0. The fourth-order valence-corrected chi connectivity index (χ4v) is 3.24. The number of H-pyrrole nitrogens is 1. The van der Waals surface area contributed by atoms with Gasteiger partial charge in [0.2, 0.25) is 5.91 Å². The highest BCUT2D eigenvalue weighted by molar-refractivity contribution is 9.11. The first kappa shape index (κ1) is 15.7. The van der Waals surface area contributed by atoms with Gasteiger partial charge in [-0.05, 0) is 59.6 Å². The molecule has 21 heavy (non-hydrogen) atoms. The molecule has 2 rings (SSSR count). The van der Waals surface area contributed by atoms with E-state index in [1.54, 1.807) is 17.4 Å². The van der Waals surface area contributed by atoms with Gasteiger partial charge in [0, 0.05) is 28.8 Å². The molecule has 0 unspecified atom stereocenters. The molecular formula is C15H15BrN2O2S. The van der Waals surface area contributed by atoms with Crippen LogP contribution >= 0.6 is 27.3 Å². The van der Waals surface area contributed by atoms with E-state index in [-0.39, 0.29) is 18.0 Å². The van der Waals surface area contributed by atoms with Gasteiger partial charge in [-0.1, -0.05) is 0 Å². The molecule has 0 aliphatic rings. The van der Waals surface area contributed by atoms with E-state index in [0.717, 1.165) is 19.9 Å². The summed E-state index contributed by atoms with van der Waals surface area (Å²) < 4.78 is 1.02. The number of aromatic amines is 1. The average Bonchev–Trinajstić information content (AvgIpc) is 2.81. The summed E-state index contributed by atoms with van der Waals surface area (Å²) in [5.74, 6) is -0.223. The summed E-state index contributed by atoms with van der Waals surface area (Å²) in [5, 5.41) is 2.72. The lowest BCUT2D eigenvalue weighted by atomic mass is 10.1. The van der Waals surface area contributed by atoms with Gasteiger partial charge in [0.25, 0.3) is 5.56 Å². The van der Waals surface area contributed by atoms with Gasteiger partial charge in [-0.15, -0.1) is 11.3 Å². The second-order valence-corrected chi connectivity index (χ2v) is 7.13. The van der Waals surface area contributed by atoms with Crippen LogP contribution in [-0.4, -0.2) is 10.9 Å². The lowest BCUT2D eigenvalue weighted by Gasteiger charge is -2.06. The molecule has 2 aromatic heterocycles. The molecule has 0 radical (unpaired) electrons. The van der Waals surface area contributed by atoms with Gasteiger partial charge in [0.05, 0.1) is 3.79 Å². The molecule has 0 saturated heterocycles. The first-order chi connectivity index (χ1) is 9.95. The largest absolute Gasteiger partial charge is 0.348 e. The Morgan fingerprint density at radius 3 is 2.81 bits per heavy atom. The maximum atomic E-state index is 11.8. The van der Waals surface area contributed by atoms with Crippen LogP contribution in [0, 0.1) is 13.8 Å². The van der Waals surface area contributed by atoms with Crippen molar-refractivity contribution in [3.05, 3.63) is 60.1 Å². The van der Waals surface area contributed by atoms with E-state index >= 15 is 0 Å². The molecule has 0 saturated carbocycles. The second kappa shape index (κ2) is 6.87. The molecule has 6 heteroatoms. The van der Waals surface area contributed by atoms with Crippen LogP contribution in [0.5, 0.6) is 0 Å². The number of pyridine rings is 1. The zero-order valence-electron chi connectivity index (χ0n) is 11.7. The van der Waals surface area contributed by atoms with E-state index in [2.05, 4.69) is 26.2 Å². The minimum Gasteiger partial charge on any atom is -0.348 e. The SMILES string of the molecule is Cc1cc(C)c(CNC(=O)/C=C/c2ccc(Br)s2)c(=O)[nH]1. The van der Waals surface area contributed by atoms with Crippen LogP contribution < -0.4 is 10.9 Å². The monoisotopic (exact) mass is 366 g/mol. The van der Waals surface area contributed by atoms with Crippen LogP contribution in [-0.2, 0) is 11.3 Å². The zero-order valence-corrected chi connectivity index (χ0v) is 14.1. The lowest BCUT2D eigenvalue weighted by molar-refractivity contribution is -0.116. The number of nitrogens with one attached hydrogen (secondary N) is 2. The number of thiophene rings is 1. The zero-order chi connectivity index (χ0) is 15.4. The molecule has 0 aliphatic heterocycles. The first-order valence-corrected chi connectivity index (χ1v) is 7.97. The molecule has 2 aromatic rings. The molecule has 2 heterocycles. The van der Waals surface area contributed by atoms with Gasteiger partial charge in [0.1, 0.15) is 0 Å². The van der Waals surface area contributed by atoms with Crippen LogP contribution in [0.4, 0.5) is 0 Å². The Morgan fingerprint density at radius 2 is 2.19 bits per heavy atom. The Morgan fingerprint density at radius 1 is 1.43 bits per heavy atom.